The Morgan fingerprint density at radius 2 is 1.53 bits per heavy atom. The zero-order valence-corrected chi connectivity index (χ0v) is 10.2. The van der Waals surface area contributed by atoms with Gasteiger partial charge in [-0.3, -0.25) is 14.6 Å². The van der Waals surface area contributed by atoms with Gasteiger partial charge in [-0.15, -0.1) is 0 Å². The van der Waals surface area contributed by atoms with Crippen LogP contribution in [0.4, 0.5) is 0 Å². The normalized spacial score (nSPS) is 11.1. The first-order valence-corrected chi connectivity index (χ1v) is 5.70. The minimum absolute atomic E-state index is 0.189. The molecule has 0 radical (unpaired) electrons. The van der Waals surface area contributed by atoms with E-state index >= 15 is 0 Å². The lowest BCUT2D eigenvalue weighted by Gasteiger charge is -2.24. The number of nitrogens with zero attached hydrogens (tertiary/aromatic N) is 2. The van der Waals surface area contributed by atoms with Gasteiger partial charge in [0.2, 0.25) is 5.91 Å². The van der Waals surface area contributed by atoms with E-state index in [1.807, 2.05) is 9.80 Å². The molecule has 7 heteroatoms. The van der Waals surface area contributed by atoms with Crippen LogP contribution in [0.5, 0.6) is 0 Å². The highest BCUT2D eigenvalue weighted by Gasteiger charge is 2.10. The van der Waals surface area contributed by atoms with Crippen LogP contribution in [0.1, 0.15) is 0 Å². The van der Waals surface area contributed by atoms with Gasteiger partial charge in [0.25, 0.3) is 0 Å². The SMILES string of the molecule is NCCN(CC=O)CCN(CCN)CC(N)=O. The lowest BCUT2D eigenvalue weighted by Crippen LogP contribution is -2.43. The molecule has 6 N–H and O–H groups in total. The van der Waals surface area contributed by atoms with E-state index < -0.39 is 0 Å². The third-order valence-electron chi connectivity index (χ3n) is 2.34. The van der Waals surface area contributed by atoms with Gasteiger partial charge in [-0.05, 0) is 0 Å². The molecule has 0 spiro atoms. The molecule has 0 unspecified atom stereocenters. The molecule has 7 nitrogen and oxygen atoms in total. The molecule has 0 heterocycles. The summed E-state index contributed by atoms with van der Waals surface area (Å²) in [4.78, 5) is 25.1. The summed E-state index contributed by atoms with van der Waals surface area (Å²) in [6, 6.07) is 0. The first kappa shape index (κ1) is 16.0. The van der Waals surface area contributed by atoms with E-state index in [2.05, 4.69) is 0 Å². The second kappa shape index (κ2) is 10.2. The van der Waals surface area contributed by atoms with Crippen LogP contribution in [0.3, 0.4) is 0 Å². The number of amides is 1. The van der Waals surface area contributed by atoms with Gasteiger partial charge < -0.3 is 22.0 Å². The van der Waals surface area contributed by atoms with Crippen LogP contribution >= 0.6 is 0 Å². The molecule has 0 aliphatic rings. The van der Waals surface area contributed by atoms with E-state index in [4.69, 9.17) is 17.2 Å². The van der Waals surface area contributed by atoms with Gasteiger partial charge in [-0.25, -0.2) is 0 Å². The Morgan fingerprint density at radius 3 is 2.00 bits per heavy atom. The van der Waals surface area contributed by atoms with Gasteiger partial charge in [0.05, 0.1) is 13.1 Å². The van der Waals surface area contributed by atoms with Gasteiger partial charge in [0.1, 0.15) is 6.29 Å². The lowest BCUT2D eigenvalue weighted by atomic mass is 10.4. The summed E-state index contributed by atoms with van der Waals surface area (Å²) in [5, 5.41) is 0. The third kappa shape index (κ3) is 8.75. The van der Waals surface area contributed by atoms with Crippen LogP contribution in [0.15, 0.2) is 0 Å². The second-order valence-electron chi connectivity index (χ2n) is 3.79. The maximum absolute atomic E-state index is 10.8. The monoisotopic (exact) mass is 245 g/mol. The molecule has 0 aromatic heterocycles. The van der Waals surface area contributed by atoms with Crippen molar-refractivity contribution in [1.82, 2.24) is 9.80 Å². The Bertz CT molecular complexity index is 225. The maximum atomic E-state index is 10.8. The summed E-state index contributed by atoms with van der Waals surface area (Å²) in [6.45, 7) is 4.10. The Kier molecular flexibility index (Phi) is 9.55. The summed E-state index contributed by atoms with van der Waals surface area (Å²) < 4.78 is 0. The predicted octanol–water partition coefficient (Wildman–Crippen LogP) is -2.81. The summed E-state index contributed by atoms with van der Waals surface area (Å²) in [7, 11) is 0. The largest absolute Gasteiger partial charge is 0.369 e. The Hall–Kier alpha value is -1.02. The highest BCUT2D eigenvalue weighted by molar-refractivity contribution is 5.75. The number of primary amides is 1. The summed E-state index contributed by atoms with van der Waals surface area (Å²) >= 11 is 0. The Balaban J connectivity index is 4.04. The molecule has 0 saturated heterocycles. The van der Waals surface area contributed by atoms with E-state index in [0.717, 1.165) is 6.29 Å². The number of carbonyl (C=O) groups excluding carboxylic acids is 2. The van der Waals surface area contributed by atoms with E-state index in [1.165, 1.54) is 0 Å². The fraction of sp³-hybridized carbons (Fsp3) is 0.800. The van der Waals surface area contributed by atoms with Gasteiger partial charge in [-0.1, -0.05) is 0 Å². The summed E-state index contributed by atoms with van der Waals surface area (Å²) in [5.41, 5.74) is 16.0. The van der Waals surface area contributed by atoms with Crippen LogP contribution in [-0.2, 0) is 9.59 Å². The number of hydrogen-bond donors (Lipinski definition) is 3. The van der Waals surface area contributed by atoms with Crippen molar-refractivity contribution in [2.45, 2.75) is 0 Å². The summed E-state index contributed by atoms with van der Waals surface area (Å²) in [5.74, 6) is -0.376. The third-order valence-corrected chi connectivity index (χ3v) is 2.34. The fourth-order valence-electron chi connectivity index (χ4n) is 1.54. The van der Waals surface area contributed by atoms with Crippen molar-refractivity contribution in [3.05, 3.63) is 0 Å². The van der Waals surface area contributed by atoms with Crippen molar-refractivity contribution >= 4 is 12.2 Å². The van der Waals surface area contributed by atoms with Crippen LogP contribution in [0.2, 0.25) is 0 Å². The van der Waals surface area contributed by atoms with Crippen LogP contribution in [-0.4, -0.2) is 74.4 Å². The average Bonchev–Trinajstić information content (AvgIpc) is 2.26. The van der Waals surface area contributed by atoms with Crippen molar-refractivity contribution < 1.29 is 9.59 Å². The van der Waals surface area contributed by atoms with Gasteiger partial charge in [0.15, 0.2) is 0 Å². The molecular formula is C10H23N5O2. The zero-order chi connectivity index (χ0) is 13.1. The van der Waals surface area contributed by atoms with Crippen molar-refractivity contribution in [2.75, 3.05) is 52.4 Å². The number of nitrogens with two attached hydrogens (primary N) is 3. The van der Waals surface area contributed by atoms with Crippen molar-refractivity contribution in [1.29, 1.82) is 0 Å². The highest BCUT2D eigenvalue weighted by atomic mass is 16.1. The van der Waals surface area contributed by atoms with Crippen LogP contribution in [0.25, 0.3) is 0 Å². The van der Waals surface area contributed by atoms with E-state index in [1.54, 1.807) is 0 Å². The first-order valence-electron chi connectivity index (χ1n) is 5.70. The molecule has 1 amide bonds. The minimum Gasteiger partial charge on any atom is -0.369 e. The number of aldehydes is 1. The topological polar surface area (TPSA) is 119 Å². The van der Waals surface area contributed by atoms with E-state index in [0.29, 0.717) is 45.8 Å². The first-order chi connectivity index (χ1) is 8.13. The molecule has 0 aliphatic carbocycles. The number of hydrogen-bond acceptors (Lipinski definition) is 6. The van der Waals surface area contributed by atoms with Gasteiger partial charge >= 0.3 is 0 Å². The van der Waals surface area contributed by atoms with Crippen molar-refractivity contribution in [3.8, 4) is 0 Å². The van der Waals surface area contributed by atoms with Crippen LogP contribution in [0, 0.1) is 0 Å². The summed E-state index contributed by atoms with van der Waals surface area (Å²) in [6.07, 6.45) is 0.844. The predicted molar refractivity (Wildman–Crippen MR) is 66.2 cm³/mol. The quantitative estimate of drug-likeness (QED) is 0.338. The zero-order valence-electron chi connectivity index (χ0n) is 10.2. The average molecular weight is 245 g/mol. The Labute approximate surface area is 102 Å². The lowest BCUT2D eigenvalue weighted by molar-refractivity contribution is -0.119. The van der Waals surface area contributed by atoms with Crippen LogP contribution < -0.4 is 17.2 Å². The Morgan fingerprint density at radius 1 is 1.00 bits per heavy atom. The molecule has 0 rings (SSSR count). The molecule has 0 aromatic rings. The second-order valence-corrected chi connectivity index (χ2v) is 3.79. The number of carbonyl (C=O) groups is 2. The molecule has 0 bridgehead atoms. The molecular weight excluding hydrogens is 222 g/mol. The highest BCUT2D eigenvalue weighted by Crippen LogP contribution is 1.91. The number of rotatable bonds is 11. The molecule has 0 aromatic carbocycles. The molecule has 0 fully saturated rings. The van der Waals surface area contributed by atoms with Gasteiger partial charge in [-0.2, -0.15) is 0 Å². The smallest absolute Gasteiger partial charge is 0.231 e. The molecule has 100 valence electrons. The van der Waals surface area contributed by atoms with E-state index in [-0.39, 0.29) is 12.5 Å². The standard InChI is InChI=1S/C10H23N5O2/c11-1-3-14(7-8-16)5-6-15(4-2-12)9-10(13)17/h8H,1-7,9,11-12H2,(H2,13,17). The molecule has 17 heavy (non-hydrogen) atoms. The minimum atomic E-state index is -0.376. The molecule has 0 atom stereocenters. The van der Waals surface area contributed by atoms with E-state index in [9.17, 15) is 9.59 Å². The van der Waals surface area contributed by atoms with Gasteiger partial charge in [0, 0.05) is 39.3 Å². The fourth-order valence-corrected chi connectivity index (χ4v) is 1.54. The van der Waals surface area contributed by atoms with Crippen molar-refractivity contribution in [3.63, 3.8) is 0 Å². The molecule has 0 saturated carbocycles. The molecule has 0 aliphatic heterocycles. The van der Waals surface area contributed by atoms with Crippen molar-refractivity contribution in [2.24, 2.45) is 17.2 Å². The maximum Gasteiger partial charge on any atom is 0.231 e.